The Bertz CT molecular complexity index is 1390. The lowest BCUT2D eigenvalue weighted by Gasteiger charge is -2.38. The topological polar surface area (TPSA) is 59.4 Å². The third-order valence-corrected chi connectivity index (χ3v) is 13.5. The number of imidazole rings is 1. The second-order valence-corrected chi connectivity index (χ2v) is 17.4. The van der Waals surface area contributed by atoms with Crippen LogP contribution < -0.4 is 5.32 Å². The predicted molar refractivity (Wildman–Crippen MR) is 157 cm³/mol. The van der Waals surface area contributed by atoms with Crippen LogP contribution in [0.4, 0.5) is 5.69 Å². The molecule has 202 valence electrons. The molecule has 0 saturated carbocycles. The predicted octanol–water partition coefficient (Wildman–Crippen LogP) is 6.99. The summed E-state index contributed by atoms with van der Waals surface area (Å²) in [5.41, 5.74) is 7.29. The molecule has 2 aliphatic rings. The van der Waals surface area contributed by atoms with Crippen molar-refractivity contribution >= 4 is 31.5 Å². The van der Waals surface area contributed by atoms with Gasteiger partial charge in [0.05, 0.1) is 22.5 Å². The molecule has 2 aromatic carbocycles. The van der Waals surface area contributed by atoms with E-state index in [1.165, 1.54) is 11.1 Å². The summed E-state index contributed by atoms with van der Waals surface area (Å²) in [7, 11) is 2.09. The van der Waals surface area contributed by atoms with Gasteiger partial charge in [-0.05, 0) is 60.8 Å². The number of benzene rings is 2. The van der Waals surface area contributed by atoms with E-state index >= 15 is 0 Å². The quantitative estimate of drug-likeness (QED) is 0.348. The molecule has 3 aromatic rings. The van der Waals surface area contributed by atoms with Gasteiger partial charge in [0.2, 0.25) is 0 Å². The zero-order valence-electron chi connectivity index (χ0n) is 23.6. The Morgan fingerprint density at radius 3 is 2.55 bits per heavy atom. The number of halogens is 1. The van der Waals surface area contributed by atoms with Crippen LogP contribution in [0.1, 0.15) is 66.4 Å². The van der Waals surface area contributed by atoms with Crippen molar-refractivity contribution in [1.82, 2.24) is 14.5 Å². The zero-order valence-corrected chi connectivity index (χ0v) is 25.4. The average Bonchev–Trinajstić information content (AvgIpc) is 3.40. The fourth-order valence-electron chi connectivity index (χ4n) is 5.40. The highest BCUT2D eigenvalue weighted by molar-refractivity contribution is 6.74. The molecule has 1 aliphatic heterocycles. The highest BCUT2D eigenvalue weighted by Gasteiger charge is 2.41. The molecule has 1 amide bonds. The Hall–Kier alpha value is -2.45. The molecule has 38 heavy (non-hydrogen) atoms. The fourth-order valence-corrected chi connectivity index (χ4v) is 6.98. The minimum absolute atomic E-state index is 0.112. The van der Waals surface area contributed by atoms with Crippen LogP contribution >= 0.6 is 11.6 Å². The lowest BCUT2D eigenvalue weighted by atomic mass is 9.96. The van der Waals surface area contributed by atoms with E-state index in [-0.39, 0.29) is 17.0 Å². The SMILES string of the molecule is CN1CCc2c(nc(C(=O)Nc3cccc(-c4cccc5c4CCC5O[Si](C)(C)C(C)(C)C)c3Cl)n2C)C1. The van der Waals surface area contributed by atoms with Crippen molar-refractivity contribution in [2.24, 2.45) is 7.05 Å². The average molecular weight is 551 g/mol. The number of nitrogens with zero attached hydrogens (tertiary/aromatic N) is 3. The van der Waals surface area contributed by atoms with Gasteiger partial charge in [0.15, 0.2) is 14.1 Å². The summed E-state index contributed by atoms with van der Waals surface area (Å²) < 4.78 is 8.74. The summed E-state index contributed by atoms with van der Waals surface area (Å²) in [6, 6.07) is 12.3. The lowest BCUT2D eigenvalue weighted by Crippen LogP contribution is -2.41. The fraction of sp³-hybridized carbons (Fsp3) is 0.467. The molecule has 2 heterocycles. The van der Waals surface area contributed by atoms with Crippen molar-refractivity contribution in [3.8, 4) is 11.1 Å². The molecule has 0 fully saturated rings. The number of aromatic nitrogens is 2. The van der Waals surface area contributed by atoms with E-state index in [9.17, 15) is 4.79 Å². The molecular weight excluding hydrogens is 512 g/mol. The van der Waals surface area contributed by atoms with Gasteiger partial charge in [0.25, 0.3) is 5.91 Å². The first-order chi connectivity index (χ1) is 17.9. The molecule has 0 saturated heterocycles. The molecule has 1 aliphatic carbocycles. The van der Waals surface area contributed by atoms with Crippen molar-refractivity contribution in [2.75, 3.05) is 18.9 Å². The van der Waals surface area contributed by atoms with Gasteiger partial charge in [-0.15, -0.1) is 0 Å². The van der Waals surface area contributed by atoms with Gasteiger partial charge in [-0.3, -0.25) is 4.79 Å². The first-order valence-electron chi connectivity index (χ1n) is 13.5. The number of nitrogens with one attached hydrogen (secondary N) is 1. The van der Waals surface area contributed by atoms with E-state index in [2.05, 4.69) is 74.3 Å². The first kappa shape index (κ1) is 27.1. The maximum atomic E-state index is 13.3. The second kappa shape index (κ2) is 9.94. The van der Waals surface area contributed by atoms with Crippen LogP contribution in [0.25, 0.3) is 11.1 Å². The van der Waals surface area contributed by atoms with Crippen molar-refractivity contribution in [1.29, 1.82) is 0 Å². The van der Waals surface area contributed by atoms with Crippen molar-refractivity contribution in [3.05, 3.63) is 69.8 Å². The molecule has 6 nitrogen and oxygen atoms in total. The molecule has 8 heteroatoms. The summed E-state index contributed by atoms with van der Waals surface area (Å²) >= 11 is 6.97. The summed E-state index contributed by atoms with van der Waals surface area (Å²) in [4.78, 5) is 20.2. The van der Waals surface area contributed by atoms with E-state index < -0.39 is 8.32 Å². The molecular formula is C30H39ClN4O2Si. The number of fused-ring (bicyclic) bond motifs is 2. The summed E-state index contributed by atoms with van der Waals surface area (Å²) in [6.07, 6.45) is 2.93. The lowest BCUT2D eigenvalue weighted by molar-refractivity contribution is 0.101. The highest BCUT2D eigenvalue weighted by Crippen LogP contribution is 2.46. The Kier molecular flexibility index (Phi) is 7.09. The second-order valence-electron chi connectivity index (χ2n) is 12.3. The maximum absolute atomic E-state index is 13.3. The Morgan fingerprint density at radius 2 is 1.82 bits per heavy atom. The standard InChI is InChI=1S/C30H39ClN4O2Si/c1-30(2,3)38(6,7)37-26-15-14-20-19(10-8-11-21(20)26)22-12-9-13-23(27(22)31)33-29(36)28-32-24-18-34(4)17-16-25(24)35(28)5/h8-13,26H,14-18H2,1-7H3,(H,33,36). The molecule has 0 spiro atoms. The summed E-state index contributed by atoms with van der Waals surface area (Å²) in [6.45, 7) is 13.2. The Labute approximate surface area is 232 Å². The first-order valence-corrected chi connectivity index (χ1v) is 16.8. The van der Waals surface area contributed by atoms with Crippen LogP contribution in [0, 0.1) is 0 Å². The van der Waals surface area contributed by atoms with E-state index in [0.29, 0.717) is 16.5 Å². The minimum Gasteiger partial charge on any atom is -0.410 e. The zero-order chi connectivity index (χ0) is 27.4. The molecule has 0 radical (unpaired) electrons. The van der Waals surface area contributed by atoms with Crippen LogP contribution in [0.2, 0.25) is 23.2 Å². The number of hydrogen-bond acceptors (Lipinski definition) is 4. The summed E-state index contributed by atoms with van der Waals surface area (Å²) in [5, 5.41) is 3.74. The van der Waals surface area contributed by atoms with Crippen molar-refractivity contribution < 1.29 is 9.22 Å². The van der Waals surface area contributed by atoms with Gasteiger partial charge in [0.1, 0.15) is 0 Å². The molecule has 1 unspecified atom stereocenters. The van der Waals surface area contributed by atoms with Gasteiger partial charge in [0, 0.05) is 37.8 Å². The molecule has 0 bridgehead atoms. The number of carbonyl (C=O) groups excluding carboxylic acids is 1. The van der Waals surface area contributed by atoms with E-state index in [4.69, 9.17) is 16.0 Å². The number of amides is 1. The minimum atomic E-state index is -1.90. The van der Waals surface area contributed by atoms with Crippen LogP contribution in [0.3, 0.4) is 0 Å². The molecule has 1 aromatic heterocycles. The normalized spacial score (nSPS) is 17.8. The third kappa shape index (κ3) is 4.86. The smallest absolute Gasteiger partial charge is 0.291 e. The number of anilines is 1. The van der Waals surface area contributed by atoms with Gasteiger partial charge in [-0.1, -0.05) is 62.7 Å². The van der Waals surface area contributed by atoms with Gasteiger partial charge in [-0.2, -0.15) is 0 Å². The number of carbonyl (C=O) groups is 1. The third-order valence-electron chi connectivity index (χ3n) is 8.65. The largest absolute Gasteiger partial charge is 0.410 e. The van der Waals surface area contributed by atoms with Crippen molar-refractivity contribution in [2.45, 2.75) is 70.8 Å². The van der Waals surface area contributed by atoms with Crippen LogP contribution in [0.15, 0.2) is 36.4 Å². The van der Waals surface area contributed by atoms with E-state index in [1.807, 2.05) is 29.8 Å². The Balaban J connectivity index is 1.42. The number of rotatable bonds is 5. The molecule has 1 N–H and O–H groups in total. The van der Waals surface area contributed by atoms with Crippen LogP contribution in [-0.4, -0.2) is 42.3 Å². The van der Waals surface area contributed by atoms with Gasteiger partial charge in [-0.25, -0.2) is 4.98 Å². The monoisotopic (exact) mass is 550 g/mol. The molecule has 1 atom stereocenters. The van der Waals surface area contributed by atoms with Crippen LogP contribution in [0.5, 0.6) is 0 Å². The Morgan fingerprint density at radius 1 is 1.11 bits per heavy atom. The maximum Gasteiger partial charge on any atom is 0.291 e. The number of likely N-dealkylation sites (N-methyl/N-ethyl adjacent to an activating group) is 1. The molecule has 5 rings (SSSR count). The van der Waals surface area contributed by atoms with E-state index in [1.54, 1.807) is 0 Å². The van der Waals surface area contributed by atoms with Crippen molar-refractivity contribution in [3.63, 3.8) is 0 Å². The van der Waals surface area contributed by atoms with Crippen LogP contribution in [-0.2, 0) is 30.9 Å². The van der Waals surface area contributed by atoms with Gasteiger partial charge >= 0.3 is 0 Å². The highest BCUT2D eigenvalue weighted by atomic mass is 35.5. The van der Waals surface area contributed by atoms with Gasteiger partial charge < -0.3 is 19.2 Å². The van der Waals surface area contributed by atoms with E-state index in [0.717, 1.165) is 54.9 Å². The summed E-state index contributed by atoms with van der Waals surface area (Å²) in [5.74, 6) is 0.169. The number of hydrogen-bond donors (Lipinski definition) is 1.